The summed E-state index contributed by atoms with van der Waals surface area (Å²) >= 11 is 0. The SMILES string of the molecule is N#Cc1nc(C2CC2)oc1N1CCN(C(=O)NCc2ccc(-n3cnc4ccccc43)nc2)CC1. The summed E-state index contributed by atoms with van der Waals surface area (Å²) in [6.07, 6.45) is 5.67. The number of rotatable bonds is 5. The second-order valence-electron chi connectivity index (χ2n) is 8.85. The Morgan fingerprint density at radius 2 is 1.94 bits per heavy atom. The minimum atomic E-state index is -0.119. The molecule has 1 N–H and O–H groups in total. The second-order valence-corrected chi connectivity index (χ2v) is 8.85. The Bertz CT molecular complexity index is 1410. The summed E-state index contributed by atoms with van der Waals surface area (Å²) in [4.78, 5) is 29.8. The molecule has 3 aromatic heterocycles. The van der Waals surface area contributed by atoms with Crippen molar-refractivity contribution in [3.8, 4) is 11.9 Å². The number of anilines is 1. The van der Waals surface area contributed by atoms with Crippen LogP contribution in [0.2, 0.25) is 0 Å². The fourth-order valence-electron chi connectivity index (χ4n) is 4.33. The Kier molecular flexibility index (Phi) is 5.29. The molecule has 6 rings (SSSR count). The largest absolute Gasteiger partial charge is 0.423 e. The molecule has 2 aliphatic rings. The van der Waals surface area contributed by atoms with E-state index >= 15 is 0 Å². The fraction of sp³-hybridized carbons (Fsp3) is 0.320. The van der Waals surface area contributed by atoms with Crippen LogP contribution in [-0.4, -0.2) is 56.6 Å². The van der Waals surface area contributed by atoms with Gasteiger partial charge in [-0.05, 0) is 36.6 Å². The number of nitrogens with zero attached hydrogens (tertiary/aromatic N) is 7. The summed E-state index contributed by atoms with van der Waals surface area (Å²) in [6.45, 7) is 2.66. The third kappa shape index (κ3) is 4.17. The van der Waals surface area contributed by atoms with Crippen LogP contribution in [0.15, 0.2) is 53.3 Å². The summed E-state index contributed by atoms with van der Waals surface area (Å²) in [5.74, 6) is 2.33. The average Bonchev–Trinajstić information content (AvgIpc) is 3.52. The number of amides is 2. The van der Waals surface area contributed by atoms with Gasteiger partial charge >= 0.3 is 6.03 Å². The quantitative estimate of drug-likeness (QED) is 0.478. The van der Waals surface area contributed by atoms with E-state index in [0.717, 1.165) is 35.3 Å². The molecule has 0 spiro atoms. The van der Waals surface area contributed by atoms with E-state index in [1.807, 2.05) is 45.9 Å². The van der Waals surface area contributed by atoms with Crippen LogP contribution in [0.4, 0.5) is 10.7 Å². The van der Waals surface area contributed by atoms with Gasteiger partial charge in [-0.3, -0.25) is 4.57 Å². The number of hydrogen-bond acceptors (Lipinski definition) is 7. The van der Waals surface area contributed by atoms with Crippen molar-refractivity contribution in [2.24, 2.45) is 0 Å². The highest BCUT2D eigenvalue weighted by atomic mass is 16.4. The number of pyridine rings is 1. The molecule has 1 aliphatic carbocycles. The van der Waals surface area contributed by atoms with Gasteiger partial charge in [-0.25, -0.2) is 19.7 Å². The topological polar surface area (TPSA) is 116 Å². The highest BCUT2D eigenvalue weighted by Crippen LogP contribution is 2.41. The lowest BCUT2D eigenvalue weighted by Crippen LogP contribution is -2.51. The molecule has 0 atom stereocenters. The standard InChI is InChI=1S/C25H24N8O2/c26-13-20-24(35-23(30-20)18-6-7-18)31-9-11-32(12-10-31)25(34)28-15-17-5-8-22(27-14-17)33-16-29-19-3-1-2-4-21(19)33/h1-5,8,14,16,18H,6-7,9-12,15H2,(H,28,34). The van der Waals surface area contributed by atoms with E-state index in [1.165, 1.54) is 0 Å². The van der Waals surface area contributed by atoms with Crippen molar-refractivity contribution in [2.75, 3.05) is 31.1 Å². The highest BCUT2D eigenvalue weighted by molar-refractivity contribution is 5.77. The first kappa shape index (κ1) is 21.2. The van der Waals surface area contributed by atoms with E-state index in [9.17, 15) is 10.1 Å². The van der Waals surface area contributed by atoms with Crippen molar-refractivity contribution in [1.29, 1.82) is 5.26 Å². The Morgan fingerprint density at radius 3 is 2.69 bits per heavy atom. The Labute approximate surface area is 201 Å². The van der Waals surface area contributed by atoms with Gasteiger partial charge in [-0.2, -0.15) is 5.26 Å². The maximum atomic E-state index is 12.7. The zero-order valence-corrected chi connectivity index (χ0v) is 19.1. The molecular weight excluding hydrogens is 444 g/mol. The monoisotopic (exact) mass is 468 g/mol. The van der Waals surface area contributed by atoms with Gasteiger partial charge in [0.05, 0.1) is 11.0 Å². The molecule has 0 radical (unpaired) electrons. The number of hydrogen-bond donors (Lipinski definition) is 1. The van der Waals surface area contributed by atoms with Crippen molar-refractivity contribution in [2.45, 2.75) is 25.3 Å². The number of nitriles is 1. The zero-order chi connectivity index (χ0) is 23.8. The lowest BCUT2D eigenvalue weighted by Gasteiger charge is -2.34. The van der Waals surface area contributed by atoms with Gasteiger partial charge in [-0.15, -0.1) is 0 Å². The number of para-hydroxylation sites is 2. The first-order valence-electron chi connectivity index (χ1n) is 11.8. The number of carbonyl (C=O) groups is 1. The smallest absolute Gasteiger partial charge is 0.317 e. The molecule has 176 valence electrons. The third-order valence-corrected chi connectivity index (χ3v) is 6.47. The van der Waals surface area contributed by atoms with Gasteiger partial charge in [0.25, 0.3) is 0 Å². The molecule has 4 aromatic rings. The average molecular weight is 469 g/mol. The molecule has 0 bridgehead atoms. The molecule has 35 heavy (non-hydrogen) atoms. The van der Waals surface area contributed by atoms with Crippen LogP contribution in [0, 0.1) is 11.3 Å². The number of aromatic nitrogens is 4. The van der Waals surface area contributed by atoms with E-state index in [4.69, 9.17) is 4.42 Å². The van der Waals surface area contributed by atoms with Crippen LogP contribution in [0.25, 0.3) is 16.9 Å². The minimum absolute atomic E-state index is 0.119. The number of benzene rings is 1. The summed E-state index contributed by atoms with van der Waals surface area (Å²) in [6, 6.07) is 13.8. The molecule has 10 heteroatoms. The van der Waals surface area contributed by atoms with Crippen molar-refractivity contribution < 1.29 is 9.21 Å². The van der Waals surface area contributed by atoms with Crippen LogP contribution in [0.1, 0.15) is 35.9 Å². The predicted octanol–water partition coefficient (Wildman–Crippen LogP) is 3.19. The van der Waals surface area contributed by atoms with E-state index in [0.29, 0.717) is 56.1 Å². The molecular formula is C25H24N8O2. The molecule has 4 heterocycles. The minimum Gasteiger partial charge on any atom is -0.423 e. The summed E-state index contributed by atoms with van der Waals surface area (Å²) < 4.78 is 7.83. The maximum Gasteiger partial charge on any atom is 0.317 e. The molecule has 1 saturated carbocycles. The van der Waals surface area contributed by atoms with Gasteiger partial charge in [0.2, 0.25) is 17.5 Å². The number of piperazine rings is 1. The van der Waals surface area contributed by atoms with Gasteiger partial charge in [-0.1, -0.05) is 18.2 Å². The van der Waals surface area contributed by atoms with Crippen molar-refractivity contribution in [3.05, 3.63) is 66.1 Å². The van der Waals surface area contributed by atoms with Gasteiger partial charge in [0.1, 0.15) is 18.2 Å². The first-order chi connectivity index (χ1) is 17.2. The highest BCUT2D eigenvalue weighted by Gasteiger charge is 2.32. The molecule has 1 saturated heterocycles. The zero-order valence-electron chi connectivity index (χ0n) is 19.1. The van der Waals surface area contributed by atoms with Gasteiger partial charge < -0.3 is 19.5 Å². The summed E-state index contributed by atoms with van der Waals surface area (Å²) in [5, 5.41) is 12.4. The van der Waals surface area contributed by atoms with Crippen LogP contribution < -0.4 is 10.2 Å². The van der Waals surface area contributed by atoms with E-state index in [1.54, 1.807) is 17.4 Å². The first-order valence-corrected chi connectivity index (χ1v) is 11.8. The fourth-order valence-corrected chi connectivity index (χ4v) is 4.33. The number of fused-ring (bicyclic) bond motifs is 1. The molecule has 1 aromatic carbocycles. The second kappa shape index (κ2) is 8.76. The number of imidazole rings is 1. The number of oxazole rings is 1. The summed E-state index contributed by atoms with van der Waals surface area (Å²) in [5.41, 5.74) is 3.17. The molecule has 0 unspecified atom stereocenters. The number of nitrogens with one attached hydrogen (secondary N) is 1. The van der Waals surface area contributed by atoms with Crippen LogP contribution in [0.5, 0.6) is 0 Å². The maximum absolute atomic E-state index is 12.7. The van der Waals surface area contributed by atoms with Crippen molar-refractivity contribution in [1.82, 2.24) is 29.7 Å². The Hall–Kier alpha value is -4.39. The summed E-state index contributed by atoms with van der Waals surface area (Å²) in [7, 11) is 0. The van der Waals surface area contributed by atoms with Gasteiger partial charge in [0, 0.05) is 44.8 Å². The van der Waals surface area contributed by atoms with E-state index < -0.39 is 0 Å². The lowest BCUT2D eigenvalue weighted by molar-refractivity contribution is 0.193. The normalized spacial score (nSPS) is 15.9. The molecule has 2 fully saturated rings. The van der Waals surface area contributed by atoms with Gasteiger partial charge in [0.15, 0.2) is 0 Å². The number of urea groups is 1. The lowest BCUT2D eigenvalue weighted by atomic mass is 10.2. The predicted molar refractivity (Wildman–Crippen MR) is 128 cm³/mol. The Balaban J connectivity index is 1.03. The van der Waals surface area contributed by atoms with E-state index in [2.05, 4.69) is 26.3 Å². The molecule has 2 amide bonds. The molecule has 10 nitrogen and oxygen atoms in total. The number of carbonyl (C=O) groups excluding carboxylic acids is 1. The van der Waals surface area contributed by atoms with Crippen LogP contribution in [-0.2, 0) is 6.54 Å². The van der Waals surface area contributed by atoms with Crippen molar-refractivity contribution in [3.63, 3.8) is 0 Å². The van der Waals surface area contributed by atoms with Crippen molar-refractivity contribution >= 4 is 22.9 Å². The van der Waals surface area contributed by atoms with Crippen LogP contribution in [0.3, 0.4) is 0 Å². The third-order valence-electron chi connectivity index (χ3n) is 6.47. The molecule has 1 aliphatic heterocycles. The Morgan fingerprint density at radius 1 is 1.11 bits per heavy atom. The van der Waals surface area contributed by atoms with E-state index in [-0.39, 0.29) is 6.03 Å². The van der Waals surface area contributed by atoms with Crippen LogP contribution >= 0.6 is 0 Å².